The second-order valence-electron chi connectivity index (χ2n) is 8.32. The largest absolute Gasteiger partial charge is 0.494 e. The molecule has 192 valence electrons. The van der Waals surface area contributed by atoms with E-state index in [0.717, 1.165) is 46.3 Å². The van der Waals surface area contributed by atoms with E-state index in [2.05, 4.69) is 11.7 Å². The Balaban J connectivity index is 1.38. The first kappa shape index (κ1) is 26.6. The molecule has 0 unspecified atom stereocenters. The van der Waals surface area contributed by atoms with Crippen molar-refractivity contribution >= 4 is 29.2 Å². The van der Waals surface area contributed by atoms with E-state index in [1.54, 1.807) is 12.1 Å². The van der Waals surface area contributed by atoms with Crippen LogP contribution in [0.4, 0.5) is 0 Å². The van der Waals surface area contributed by atoms with Crippen molar-refractivity contribution in [1.29, 1.82) is 0 Å². The molecule has 37 heavy (non-hydrogen) atoms. The van der Waals surface area contributed by atoms with Crippen molar-refractivity contribution in [3.05, 3.63) is 88.8 Å². The number of benzene rings is 3. The van der Waals surface area contributed by atoms with E-state index in [9.17, 15) is 4.79 Å². The zero-order valence-corrected chi connectivity index (χ0v) is 22.3. The lowest BCUT2D eigenvalue weighted by atomic mass is 10.1. The molecule has 0 fully saturated rings. The minimum atomic E-state index is -0.232. The molecule has 0 N–H and O–H groups in total. The van der Waals surface area contributed by atoms with Crippen molar-refractivity contribution in [3.8, 4) is 33.9 Å². The van der Waals surface area contributed by atoms with E-state index in [0.29, 0.717) is 36.1 Å². The Bertz CT molecular complexity index is 1350. The Morgan fingerprint density at radius 1 is 0.946 bits per heavy atom. The zero-order chi connectivity index (χ0) is 26.2. The van der Waals surface area contributed by atoms with Crippen molar-refractivity contribution in [2.45, 2.75) is 32.9 Å². The third kappa shape index (κ3) is 7.06. The summed E-state index contributed by atoms with van der Waals surface area (Å²) < 4.78 is 18.5. The molecule has 0 saturated heterocycles. The van der Waals surface area contributed by atoms with Gasteiger partial charge in [0.1, 0.15) is 23.9 Å². The number of ether oxygens (including phenoxy) is 3. The van der Waals surface area contributed by atoms with Crippen molar-refractivity contribution in [2.75, 3.05) is 13.7 Å². The molecule has 1 heterocycles. The molecule has 0 aliphatic heterocycles. The normalized spacial score (nSPS) is 10.8. The van der Waals surface area contributed by atoms with Gasteiger partial charge < -0.3 is 18.8 Å². The van der Waals surface area contributed by atoms with Crippen molar-refractivity contribution in [3.63, 3.8) is 0 Å². The average Bonchev–Trinajstić information content (AvgIpc) is 3.33. The fraction of sp³-hybridized carbons (Fsp3) is 0.241. The van der Waals surface area contributed by atoms with Gasteiger partial charge in [-0.2, -0.15) is 0 Å². The maximum absolute atomic E-state index is 11.2. The standard InChI is InChI=1S/C29H28Cl2N2O4/c1-3-33-18-27(25-14-11-22(30)17-26(25)31)32-28(33)19-37-23-12-9-20(10-13-23)21-6-4-7-24(16-21)36-15-5-8-29(34)35-2/h4,6-7,9-14,16-18H,3,5,8,15,19H2,1-2H3. The number of nitrogens with zero attached hydrogens (tertiary/aromatic N) is 2. The minimum absolute atomic E-state index is 0.232. The van der Waals surface area contributed by atoms with E-state index in [1.165, 1.54) is 7.11 Å². The van der Waals surface area contributed by atoms with Crippen LogP contribution in [0, 0.1) is 0 Å². The maximum atomic E-state index is 11.2. The van der Waals surface area contributed by atoms with Gasteiger partial charge in [-0.15, -0.1) is 0 Å². The number of methoxy groups -OCH3 is 1. The van der Waals surface area contributed by atoms with E-state index in [4.69, 9.17) is 37.7 Å². The molecular weight excluding hydrogens is 511 g/mol. The minimum Gasteiger partial charge on any atom is -0.494 e. The molecule has 0 aliphatic carbocycles. The summed E-state index contributed by atoms with van der Waals surface area (Å²) in [6.45, 7) is 3.60. The summed E-state index contributed by atoms with van der Waals surface area (Å²) in [7, 11) is 1.39. The van der Waals surface area contributed by atoms with Crippen LogP contribution in [-0.2, 0) is 22.7 Å². The molecule has 8 heteroatoms. The molecule has 0 atom stereocenters. The Morgan fingerprint density at radius 3 is 2.49 bits per heavy atom. The van der Waals surface area contributed by atoms with Gasteiger partial charge in [0, 0.05) is 29.7 Å². The van der Waals surface area contributed by atoms with E-state index >= 15 is 0 Å². The number of hydrogen-bond acceptors (Lipinski definition) is 5. The molecule has 0 amide bonds. The summed E-state index contributed by atoms with van der Waals surface area (Å²) in [5.41, 5.74) is 3.69. The average molecular weight is 539 g/mol. The van der Waals surface area contributed by atoms with Gasteiger partial charge >= 0.3 is 5.97 Å². The first-order valence-electron chi connectivity index (χ1n) is 12.0. The molecule has 0 bridgehead atoms. The van der Waals surface area contributed by atoms with Crippen LogP contribution in [-0.4, -0.2) is 29.2 Å². The Morgan fingerprint density at radius 2 is 1.76 bits per heavy atom. The monoisotopic (exact) mass is 538 g/mol. The summed E-state index contributed by atoms with van der Waals surface area (Å²) in [6, 6.07) is 21.2. The van der Waals surface area contributed by atoms with Gasteiger partial charge in [0.2, 0.25) is 0 Å². The first-order valence-corrected chi connectivity index (χ1v) is 12.8. The molecule has 4 aromatic rings. The summed E-state index contributed by atoms with van der Waals surface area (Å²) in [6.07, 6.45) is 2.92. The number of carbonyl (C=O) groups excluding carboxylic acids is 1. The second kappa shape index (κ2) is 12.7. The van der Waals surface area contributed by atoms with E-state index in [-0.39, 0.29) is 5.97 Å². The van der Waals surface area contributed by atoms with Crippen LogP contribution in [0.3, 0.4) is 0 Å². The fourth-order valence-electron chi connectivity index (χ4n) is 3.84. The van der Waals surface area contributed by atoms with Crippen molar-refractivity contribution < 1.29 is 19.0 Å². The van der Waals surface area contributed by atoms with Crippen LogP contribution in [0.5, 0.6) is 11.5 Å². The Labute approximate surface area is 226 Å². The summed E-state index contributed by atoms with van der Waals surface area (Å²) >= 11 is 12.4. The molecule has 6 nitrogen and oxygen atoms in total. The van der Waals surface area contributed by atoms with Crippen LogP contribution in [0.15, 0.2) is 72.9 Å². The number of aryl methyl sites for hydroxylation is 1. The van der Waals surface area contributed by atoms with Gasteiger partial charge in [0.25, 0.3) is 0 Å². The van der Waals surface area contributed by atoms with Crippen LogP contribution in [0.25, 0.3) is 22.4 Å². The molecule has 0 saturated carbocycles. The zero-order valence-electron chi connectivity index (χ0n) is 20.7. The third-order valence-electron chi connectivity index (χ3n) is 5.82. The van der Waals surface area contributed by atoms with Gasteiger partial charge in [-0.1, -0.05) is 47.5 Å². The van der Waals surface area contributed by atoms with Crippen molar-refractivity contribution in [2.24, 2.45) is 0 Å². The number of esters is 1. The lowest BCUT2D eigenvalue weighted by Crippen LogP contribution is -2.05. The Hall–Kier alpha value is -3.48. The molecule has 1 aromatic heterocycles. The van der Waals surface area contributed by atoms with E-state index in [1.807, 2.05) is 65.4 Å². The highest BCUT2D eigenvalue weighted by Gasteiger charge is 2.13. The topological polar surface area (TPSA) is 62.6 Å². The number of aromatic nitrogens is 2. The molecule has 0 aliphatic rings. The van der Waals surface area contributed by atoms with Crippen LogP contribution >= 0.6 is 23.2 Å². The second-order valence-corrected chi connectivity index (χ2v) is 9.17. The number of halogens is 2. The van der Waals surface area contributed by atoms with Gasteiger partial charge in [-0.05, 0) is 66.9 Å². The lowest BCUT2D eigenvalue weighted by Gasteiger charge is -2.10. The number of hydrogen-bond donors (Lipinski definition) is 0. The smallest absolute Gasteiger partial charge is 0.305 e. The molecular formula is C29H28Cl2N2O4. The molecule has 4 rings (SSSR count). The molecule has 0 spiro atoms. The maximum Gasteiger partial charge on any atom is 0.305 e. The lowest BCUT2D eigenvalue weighted by molar-refractivity contribution is -0.140. The summed E-state index contributed by atoms with van der Waals surface area (Å²) in [5, 5.41) is 1.15. The summed E-state index contributed by atoms with van der Waals surface area (Å²) in [4.78, 5) is 16.0. The van der Waals surface area contributed by atoms with E-state index < -0.39 is 0 Å². The van der Waals surface area contributed by atoms with Crippen LogP contribution in [0.1, 0.15) is 25.6 Å². The predicted molar refractivity (Wildman–Crippen MR) is 146 cm³/mol. The van der Waals surface area contributed by atoms with Crippen LogP contribution < -0.4 is 9.47 Å². The quantitative estimate of drug-likeness (QED) is 0.146. The summed E-state index contributed by atoms with van der Waals surface area (Å²) in [5.74, 6) is 2.08. The third-order valence-corrected chi connectivity index (χ3v) is 6.37. The molecule has 3 aromatic carbocycles. The van der Waals surface area contributed by atoms with Gasteiger partial charge in [0.15, 0.2) is 0 Å². The van der Waals surface area contributed by atoms with Crippen LogP contribution in [0.2, 0.25) is 10.0 Å². The van der Waals surface area contributed by atoms with Gasteiger partial charge in [-0.25, -0.2) is 4.98 Å². The highest BCUT2D eigenvalue weighted by molar-refractivity contribution is 6.36. The highest BCUT2D eigenvalue weighted by Crippen LogP contribution is 2.30. The molecule has 0 radical (unpaired) electrons. The van der Waals surface area contributed by atoms with Crippen molar-refractivity contribution in [1.82, 2.24) is 9.55 Å². The number of imidazole rings is 1. The van der Waals surface area contributed by atoms with Gasteiger partial charge in [-0.3, -0.25) is 4.79 Å². The fourth-order valence-corrected chi connectivity index (χ4v) is 4.34. The number of rotatable bonds is 11. The van der Waals surface area contributed by atoms with Gasteiger partial charge in [0.05, 0.1) is 24.4 Å². The first-order chi connectivity index (χ1) is 18.0. The Kier molecular flexibility index (Phi) is 9.09. The highest BCUT2D eigenvalue weighted by atomic mass is 35.5. The predicted octanol–water partition coefficient (Wildman–Crippen LogP) is 7.45. The number of carbonyl (C=O) groups is 1. The SMILES string of the molecule is CCn1cc(-c2ccc(Cl)cc2Cl)nc1COc1ccc(-c2cccc(OCCCC(=O)OC)c2)cc1.